The van der Waals surface area contributed by atoms with Gasteiger partial charge in [0.25, 0.3) is 10.0 Å². The maximum absolute atomic E-state index is 12.1. The molecule has 0 saturated heterocycles. The van der Waals surface area contributed by atoms with Crippen molar-refractivity contribution in [2.75, 3.05) is 6.61 Å². The van der Waals surface area contributed by atoms with Crippen LogP contribution in [0.3, 0.4) is 0 Å². The van der Waals surface area contributed by atoms with Gasteiger partial charge in [-0.25, -0.2) is 4.83 Å². The summed E-state index contributed by atoms with van der Waals surface area (Å²) in [6.45, 7) is 2.68. The Morgan fingerprint density at radius 2 is 1.83 bits per heavy atom. The zero-order chi connectivity index (χ0) is 17.6. The fourth-order valence-electron chi connectivity index (χ4n) is 1.74. The summed E-state index contributed by atoms with van der Waals surface area (Å²) in [6.07, 6.45) is 2.33. The van der Waals surface area contributed by atoms with Crippen molar-refractivity contribution >= 4 is 39.4 Å². The monoisotopic (exact) mass is 386 g/mol. The molecule has 0 aliphatic heterocycles. The van der Waals surface area contributed by atoms with E-state index < -0.39 is 10.0 Å². The lowest BCUT2D eigenvalue weighted by molar-refractivity contribution is 0.317. The molecule has 2 aromatic rings. The number of sulfonamides is 1. The van der Waals surface area contributed by atoms with Crippen LogP contribution in [0.2, 0.25) is 10.0 Å². The predicted octanol–water partition coefficient (Wildman–Crippen LogP) is 4.09. The summed E-state index contributed by atoms with van der Waals surface area (Å²) in [5.74, 6) is 0.755. The van der Waals surface area contributed by atoms with E-state index in [0.717, 1.165) is 17.7 Å². The summed E-state index contributed by atoms with van der Waals surface area (Å²) in [6, 6.07) is 11.2. The molecule has 0 spiro atoms. The number of benzene rings is 2. The highest BCUT2D eigenvalue weighted by Crippen LogP contribution is 2.24. The van der Waals surface area contributed by atoms with E-state index in [0.29, 0.717) is 6.61 Å². The highest BCUT2D eigenvalue weighted by atomic mass is 35.5. The van der Waals surface area contributed by atoms with Gasteiger partial charge in [-0.1, -0.05) is 30.1 Å². The van der Waals surface area contributed by atoms with Gasteiger partial charge in [-0.2, -0.15) is 13.5 Å². The third kappa shape index (κ3) is 5.12. The van der Waals surface area contributed by atoms with E-state index in [1.165, 1.54) is 24.4 Å². The molecule has 1 N–H and O–H groups in total. The number of nitrogens with zero attached hydrogens (tertiary/aromatic N) is 1. The molecule has 2 aromatic carbocycles. The lowest BCUT2D eigenvalue weighted by atomic mass is 10.2. The molecule has 0 aliphatic carbocycles. The van der Waals surface area contributed by atoms with E-state index in [9.17, 15) is 8.42 Å². The van der Waals surface area contributed by atoms with Crippen LogP contribution < -0.4 is 9.57 Å². The molecule has 0 saturated carbocycles. The molecule has 0 fully saturated rings. The van der Waals surface area contributed by atoms with Crippen LogP contribution in [-0.4, -0.2) is 21.2 Å². The summed E-state index contributed by atoms with van der Waals surface area (Å²) in [5, 5.41) is 4.19. The van der Waals surface area contributed by atoms with E-state index >= 15 is 0 Å². The van der Waals surface area contributed by atoms with Gasteiger partial charge in [0.1, 0.15) is 5.75 Å². The number of hydrogen-bond donors (Lipinski definition) is 1. The molecule has 0 bridgehead atoms. The van der Waals surface area contributed by atoms with Crippen molar-refractivity contribution < 1.29 is 13.2 Å². The Labute approximate surface area is 151 Å². The number of hydrazone groups is 1. The molecule has 2 rings (SSSR count). The highest BCUT2D eigenvalue weighted by molar-refractivity contribution is 7.89. The van der Waals surface area contributed by atoms with Crippen LogP contribution in [0, 0.1) is 0 Å². The van der Waals surface area contributed by atoms with Gasteiger partial charge in [0.2, 0.25) is 0 Å². The van der Waals surface area contributed by atoms with E-state index in [2.05, 4.69) is 9.93 Å². The smallest absolute Gasteiger partial charge is 0.276 e. The number of rotatable bonds is 7. The molecule has 128 valence electrons. The quantitative estimate of drug-likeness (QED) is 0.575. The Kier molecular flexibility index (Phi) is 6.48. The molecular formula is C16H16Cl2N2O3S. The average molecular weight is 387 g/mol. The molecule has 0 aliphatic rings. The normalized spacial score (nSPS) is 11.6. The van der Waals surface area contributed by atoms with Gasteiger partial charge >= 0.3 is 0 Å². The van der Waals surface area contributed by atoms with Crippen molar-refractivity contribution in [2.24, 2.45) is 5.10 Å². The number of nitrogens with one attached hydrogen (secondary N) is 1. The van der Waals surface area contributed by atoms with Gasteiger partial charge < -0.3 is 4.74 Å². The second-order valence-corrected chi connectivity index (χ2v) is 7.32. The first-order valence-corrected chi connectivity index (χ1v) is 9.39. The minimum absolute atomic E-state index is 0.0163. The molecule has 24 heavy (non-hydrogen) atoms. The molecular weight excluding hydrogens is 371 g/mol. The Bertz CT molecular complexity index is 822. The first kappa shape index (κ1) is 18.6. The molecule has 0 unspecified atom stereocenters. The van der Waals surface area contributed by atoms with Crippen LogP contribution in [0.15, 0.2) is 52.5 Å². The zero-order valence-electron chi connectivity index (χ0n) is 12.9. The second-order valence-electron chi connectivity index (χ2n) is 4.85. The fraction of sp³-hybridized carbons (Fsp3) is 0.188. The highest BCUT2D eigenvalue weighted by Gasteiger charge is 2.14. The largest absolute Gasteiger partial charge is 0.494 e. The van der Waals surface area contributed by atoms with E-state index in [4.69, 9.17) is 27.9 Å². The van der Waals surface area contributed by atoms with Gasteiger partial charge in [-0.15, -0.1) is 0 Å². The van der Waals surface area contributed by atoms with Crippen LogP contribution in [0.5, 0.6) is 5.75 Å². The Hall–Kier alpha value is -1.76. The minimum Gasteiger partial charge on any atom is -0.494 e. The van der Waals surface area contributed by atoms with Crippen LogP contribution in [0.4, 0.5) is 0 Å². The molecule has 0 amide bonds. The molecule has 0 heterocycles. The first-order chi connectivity index (χ1) is 11.4. The molecule has 0 aromatic heterocycles. The van der Waals surface area contributed by atoms with E-state index in [1.54, 1.807) is 24.3 Å². The zero-order valence-corrected chi connectivity index (χ0v) is 15.2. The maximum atomic E-state index is 12.1. The fourth-order valence-corrected chi connectivity index (χ4v) is 2.92. The van der Waals surface area contributed by atoms with Crippen LogP contribution >= 0.6 is 23.2 Å². The summed E-state index contributed by atoms with van der Waals surface area (Å²) < 4.78 is 29.7. The standard InChI is InChI=1S/C16H16Cl2N2O3S/c1-2-9-23-13-5-3-12(4-6-13)11-19-20-24(21,22)14-7-8-15(17)16(18)10-14/h3-8,10-11,20H,2,9H2,1H3/b19-11+. The van der Waals surface area contributed by atoms with Crippen molar-refractivity contribution in [1.29, 1.82) is 0 Å². The number of ether oxygens (including phenoxy) is 1. The van der Waals surface area contributed by atoms with Gasteiger partial charge in [-0.05, 0) is 54.4 Å². The van der Waals surface area contributed by atoms with Crippen LogP contribution in [0.25, 0.3) is 0 Å². The lowest BCUT2D eigenvalue weighted by Gasteiger charge is -2.05. The Balaban J connectivity index is 2.03. The maximum Gasteiger partial charge on any atom is 0.276 e. The van der Waals surface area contributed by atoms with Crippen molar-refractivity contribution in [3.05, 3.63) is 58.1 Å². The van der Waals surface area contributed by atoms with Gasteiger partial charge in [0, 0.05) is 0 Å². The van der Waals surface area contributed by atoms with E-state index in [1.807, 2.05) is 6.92 Å². The van der Waals surface area contributed by atoms with Crippen LogP contribution in [-0.2, 0) is 10.0 Å². The van der Waals surface area contributed by atoms with Crippen LogP contribution in [0.1, 0.15) is 18.9 Å². The average Bonchev–Trinajstić information content (AvgIpc) is 2.56. The predicted molar refractivity (Wildman–Crippen MR) is 96.6 cm³/mol. The minimum atomic E-state index is -3.81. The number of hydrogen-bond acceptors (Lipinski definition) is 4. The third-order valence-corrected chi connectivity index (χ3v) is 4.90. The van der Waals surface area contributed by atoms with Gasteiger partial charge in [0.15, 0.2) is 0 Å². The SMILES string of the molecule is CCCOc1ccc(/C=N/NS(=O)(=O)c2ccc(Cl)c(Cl)c2)cc1. The Morgan fingerprint density at radius 1 is 1.12 bits per heavy atom. The van der Waals surface area contributed by atoms with Gasteiger partial charge in [0.05, 0.1) is 27.8 Å². The molecule has 8 heteroatoms. The van der Waals surface area contributed by atoms with Crippen molar-refractivity contribution in [1.82, 2.24) is 4.83 Å². The van der Waals surface area contributed by atoms with Crippen molar-refractivity contribution in [2.45, 2.75) is 18.2 Å². The summed E-state index contributed by atoms with van der Waals surface area (Å²) >= 11 is 11.6. The lowest BCUT2D eigenvalue weighted by Crippen LogP contribution is -2.18. The summed E-state index contributed by atoms with van der Waals surface area (Å²) in [7, 11) is -3.81. The topological polar surface area (TPSA) is 67.8 Å². The summed E-state index contributed by atoms with van der Waals surface area (Å²) in [5.41, 5.74) is 0.732. The molecule has 0 atom stereocenters. The van der Waals surface area contributed by atoms with Crippen molar-refractivity contribution in [3.63, 3.8) is 0 Å². The first-order valence-electron chi connectivity index (χ1n) is 7.15. The summed E-state index contributed by atoms with van der Waals surface area (Å²) in [4.78, 5) is 2.11. The van der Waals surface area contributed by atoms with E-state index in [-0.39, 0.29) is 14.9 Å². The Morgan fingerprint density at radius 3 is 2.46 bits per heavy atom. The second kappa shape index (κ2) is 8.37. The van der Waals surface area contributed by atoms with Crippen molar-refractivity contribution in [3.8, 4) is 5.75 Å². The number of halogens is 2. The van der Waals surface area contributed by atoms with Gasteiger partial charge in [-0.3, -0.25) is 0 Å². The molecule has 0 radical (unpaired) electrons. The third-order valence-electron chi connectivity index (χ3n) is 2.94. The molecule has 5 nitrogen and oxygen atoms in total.